The van der Waals surface area contributed by atoms with Crippen LogP contribution >= 0.6 is 0 Å². The van der Waals surface area contributed by atoms with E-state index >= 15 is 0 Å². The van der Waals surface area contributed by atoms with Crippen LogP contribution in [0.5, 0.6) is 5.75 Å². The van der Waals surface area contributed by atoms with E-state index in [2.05, 4.69) is 31.3 Å². The number of ether oxygens (including phenoxy) is 1. The molecule has 1 N–H and O–H groups in total. The van der Waals surface area contributed by atoms with Gasteiger partial charge < -0.3 is 10.1 Å². The highest BCUT2D eigenvalue weighted by atomic mass is 16.5. The molecule has 0 aliphatic rings. The van der Waals surface area contributed by atoms with Crippen LogP contribution in [0.2, 0.25) is 0 Å². The maximum absolute atomic E-state index is 5.19. The Balaban J connectivity index is 2.95. The lowest BCUT2D eigenvalue weighted by Gasteiger charge is -2.12. The topological polar surface area (TPSA) is 21.3 Å². The zero-order valence-electron chi connectivity index (χ0n) is 8.72. The number of hydrogen-bond donors (Lipinski definition) is 1. The standard InChI is InChI=1S/C11H17NO/c1-8-7-10(9(2)12-3)5-6-11(8)13-4/h5-7,9,12H,1-4H3/t9-/m0/s1. The van der Waals surface area contributed by atoms with E-state index < -0.39 is 0 Å². The van der Waals surface area contributed by atoms with Gasteiger partial charge in [0.25, 0.3) is 0 Å². The average molecular weight is 179 g/mol. The fourth-order valence-electron chi connectivity index (χ4n) is 1.34. The van der Waals surface area contributed by atoms with Gasteiger partial charge in [-0.25, -0.2) is 0 Å². The minimum Gasteiger partial charge on any atom is -0.496 e. The van der Waals surface area contributed by atoms with Gasteiger partial charge in [0.1, 0.15) is 5.75 Å². The molecule has 0 fully saturated rings. The van der Waals surface area contributed by atoms with Gasteiger partial charge in [0.2, 0.25) is 0 Å². The molecule has 0 saturated heterocycles. The number of benzene rings is 1. The molecule has 1 atom stereocenters. The summed E-state index contributed by atoms with van der Waals surface area (Å²) in [5, 5.41) is 3.21. The van der Waals surface area contributed by atoms with Crippen LogP contribution in [0.25, 0.3) is 0 Å². The summed E-state index contributed by atoms with van der Waals surface area (Å²) in [7, 11) is 3.66. The van der Waals surface area contributed by atoms with Crippen molar-refractivity contribution < 1.29 is 4.74 Å². The molecule has 0 saturated carbocycles. The first kappa shape index (κ1) is 10.1. The smallest absolute Gasteiger partial charge is 0.121 e. The lowest BCUT2D eigenvalue weighted by Crippen LogP contribution is -2.12. The summed E-state index contributed by atoms with van der Waals surface area (Å²) < 4.78 is 5.19. The summed E-state index contributed by atoms with van der Waals surface area (Å²) in [6.45, 7) is 4.20. The summed E-state index contributed by atoms with van der Waals surface area (Å²) in [5.41, 5.74) is 2.47. The molecule has 1 aromatic rings. The highest BCUT2D eigenvalue weighted by molar-refractivity contribution is 5.37. The van der Waals surface area contributed by atoms with Gasteiger partial charge in [-0.1, -0.05) is 12.1 Å². The van der Waals surface area contributed by atoms with Crippen LogP contribution in [0.3, 0.4) is 0 Å². The predicted molar refractivity (Wildman–Crippen MR) is 55.2 cm³/mol. The van der Waals surface area contributed by atoms with Gasteiger partial charge in [-0.2, -0.15) is 0 Å². The van der Waals surface area contributed by atoms with E-state index in [1.807, 2.05) is 13.1 Å². The van der Waals surface area contributed by atoms with Crippen molar-refractivity contribution in [1.82, 2.24) is 5.32 Å². The number of methoxy groups -OCH3 is 1. The monoisotopic (exact) mass is 179 g/mol. The van der Waals surface area contributed by atoms with Crippen molar-refractivity contribution in [2.75, 3.05) is 14.2 Å². The largest absolute Gasteiger partial charge is 0.496 e. The maximum Gasteiger partial charge on any atom is 0.121 e. The minimum atomic E-state index is 0.393. The molecule has 0 aliphatic carbocycles. The summed E-state index contributed by atoms with van der Waals surface area (Å²) in [4.78, 5) is 0. The lowest BCUT2D eigenvalue weighted by atomic mass is 10.1. The van der Waals surface area contributed by atoms with Gasteiger partial charge in [-0.05, 0) is 38.1 Å². The van der Waals surface area contributed by atoms with E-state index in [1.165, 1.54) is 11.1 Å². The SMILES string of the molecule is CN[C@@H](C)c1ccc(OC)c(C)c1. The second-order valence-corrected chi connectivity index (χ2v) is 3.24. The molecule has 13 heavy (non-hydrogen) atoms. The minimum absolute atomic E-state index is 0.393. The van der Waals surface area contributed by atoms with Gasteiger partial charge in [-0.15, -0.1) is 0 Å². The third kappa shape index (κ3) is 2.22. The summed E-state index contributed by atoms with van der Waals surface area (Å²) in [6.07, 6.45) is 0. The van der Waals surface area contributed by atoms with E-state index in [0.717, 1.165) is 5.75 Å². The molecule has 0 radical (unpaired) electrons. The molecule has 72 valence electrons. The Morgan fingerprint density at radius 3 is 2.54 bits per heavy atom. The quantitative estimate of drug-likeness (QED) is 0.768. The van der Waals surface area contributed by atoms with Crippen molar-refractivity contribution in [2.24, 2.45) is 0 Å². The third-order valence-corrected chi connectivity index (χ3v) is 2.35. The van der Waals surface area contributed by atoms with E-state index in [-0.39, 0.29) is 0 Å². The normalized spacial score (nSPS) is 12.6. The Morgan fingerprint density at radius 1 is 1.38 bits per heavy atom. The summed E-state index contributed by atoms with van der Waals surface area (Å²) in [5.74, 6) is 0.951. The van der Waals surface area contributed by atoms with Gasteiger partial charge in [0.05, 0.1) is 7.11 Å². The van der Waals surface area contributed by atoms with Crippen LogP contribution in [0.4, 0.5) is 0 Å². The Morgan fingerprint density at radius 2 is 2.08 bits per heavy atom. The average Bonchev–Trinajstić information content (AvgIpc) is 2.16. The molecular weight excluding hydrogens is 162 g/mol. The fraction of sp³-hybridized carbons (Fsp3) is 0.455. The molecule has 1 rings (SSSR count). The van der Waals surface area contributed by atoms with Gasteiger partial charge in [0, 0.05) is 6.04 Å². The zero-order chi connectivity index (χ0) is 9.84. The molecule has 0 amide bonds. The zero-order valence-corrected chi connectivity index (χ0v) is 8.72. The number of rotatable bonds is 3. The van der Waals surface area contributed by atoms with Crippen molar-refractivity contribution in [2.45, 2.75) is 19.9 Å². The van der Waals surface area contributed by atoms with E-state index in [9.17, 15) is 0 Å². The first-order chi connectivity index (χ1) is 6.19. The molecule has 0 heterocycles. The number of nitrogens with one attached hydrogen (secondary N) is 1. The fourth-order valence-corrected chi connectivity index (χ4v) is 1.34. The first-order valence-electron chi connectivity index (χ1n) is 4.51. The van der Waals surface area contributed by atoms with E-state index in [1.54, 1.807) is 7.11 Å². The molecule has 0 spiro atoms. The second-order valence-electron chi connectivity index (χ2n) is 3.24. The number of hydrogen-bond acceptors (Lipinski definition) is 2. The van der Waals surface area contributed by atoms with Gasteiger partial charge in [-0.3, -0.25) is 0 Å². The van der Waals surface area contributed by atoms with Crippen LogP contribution < -0.4 is 10.1 Å². The molecule has 2 nitrogen and oxygen atoms in total. The van der Waals surface area contributed by atoms with Crippen LogP contribution in [-0.2, 0) is 0 Å². The first-order valence-corrected chi connectivity index (χ1v) is 4.51. The van der Waals surface area contributed by atoms with Crippen molar-refractivity contribution in [1.29, 1.82) is 0 Å². The van der Waals surface area contributed by atoms with Crippen molar-refractivity contribution >= 4 is 0 Å². The Labute approximate surface area is 79.9 Å². The van der Waals surface area contributed by atoms with E-state index in [0.29, 0.717) is 6.04 Å². The second kappa shape index (κ2) is 4.28. The van der Waals surface area contributed by atoms with Gasteiger partial charge >= 0.3 is 0 Å². The molecular formula is C11H17NO. The van der Waals surface area contributed by atoms with Crippen LogP contribution in [0.15, 0.2) is 18.2 Å². The summed E-state index contributed by atoms with van der Waals surface area (Å²) in [6, 6.07) is 6.65. The summed E-state index contributed by atoms with van der Waals surface area (Å²) >= 11 is 0. The molecule has 0 unspecified atom stereocenters. The highest BCUT2D eigenvalue weighted by Gasteiger charge is 2.04. The van der Waals surface area contributed by atoms with Crippen molar-refractivity contribution in [3.05, 3.63) is 29.3 Å². The highest BCUT2D eigenvalue weighted by Crippen LogP contribution is 2.21. The molecule has 2 heteroatoms. The van der Waals surface area contributed by atoms with Crippen LogP contribution in [-0.4, -0.2) is 14.2 Å². The van der Waals surface area contributed by atoms with Crippen LogP contribution in [0.1, 0.15) is 24.1 Å². The molecule has 0 bridgehead atoms. The lowest BCUT2D eigenvalue weighted by molar-refractivity contribution is 0.411. The van der Waals surface area contributed by atoms with E-state index in [4.69, 9.17) is 4.74 Å². The predicted octanol–water partition coefficient (Wildman–Crippen LogP) is 2.28. The molecule has 0 aromatic heterocycles. The molecule has 0 aliphatic heterocycles. The van der Waals surface area contributed by atoms with Crippen molar-refractivity contribution in [3.63, 3.8) is 0 Å². The Hall–Kier alpha value is -1.02. The Kier molecular flexibility index (Phi) is 3.32. The third-order valence-electron chi connectivity index (χ3n) is 2.35. The number of aryl methyl sites for hydroxylation is 1. The van der Waals surface area contributed by atoms with Crippen LogP contribution in [0, 0.1) is 6.92 Å². The molecule has 1 aromatic carbocycles. The Bertz CT molecular complexity index is 283. The maximum atomic E-state index is 5.19. The van der Waals surface area contributed by atoms with Gasteiger partial charge in [0.15, 0.2) is 0 Å². The van der Waals surface area contributed by atoms with Crippen molar-refractivity contribution in [3.8, 4) is 5.75 Å².